The third-order valence-corrected chi connectivity index (χ3v) is 7.50. The standard InChI is InChI=1S/5C6H15N.3FH.H2O4S/c5*1-4-7(5-2)6-3;;;;1-5(2,3)4/h5*4-6H2,1-3H3;3*1H;(H2,1,2,3,4). The van der Waals surface area contributed by atoms with Crippen LogP contribution in [-0.4, -0.2) is 116 Å². The molecular formula is C30H80F3N5O4S. The maximum atomic E-state index is 8.52. The van der Waals surface area contributed by atoms with Gasteiger partial charge in [0.2, 0.25) is 0 Å². The molecule has 43 heavy (non-hydrogen) atoms. The summed E-state index contributed by atoms with van der Waals surface area (Å²) in [6.07, 6.45) is 0. The van der Waals surface area contributed by atoms with Crippen molar-refractivity contribution in [3.63, 3.8) is 0 Å². The van der Waals surface area contributed by atoms with Crippen molar-refractivity contribution in [1.82, 2.24) is 0 Å². The summed E-state index contributed by atoms with van der Waals surface area (Å²) in [6, 6.07) is 0. The predicted octanol–water partition coefficient (Wildman–Crippen LogP) is -10.7. The van der Waals surface area contributed by atoms with Crippen molar-refractivity contribution in [1.29, 1.82) is 0 Å². The summed E-state index contributed by atoms with van der Waals surface area (Å²) in [6.45, 7) is 52.4. The average molecular weight is 664 g/mol. The first kappa shape index (κ1) is 65.2. The lowest BCUT2D eigenvalue weighted by Gasteiger charge is -2.10. The summed E-state index contributed by atoms with van der Waals surface area (Å²) in [5.74, 6) is 0. The highest BCUT2D eigenvalue weighted by atomic mass is 32.3. The van der Waals surface area contributed by atoms with Gasteiger partial charge in [0, 0.05) is 10.4 Å². The van der Waals surface area contributed by atoms with E-state index in [1.807, 2.05) is 0 Å². The van der Waals surface area contributed by atoms with Crippen LogP contribution in [0.5, 0.6) is 0 Å². The zero-order valence-electron chi connectivity index (χ0n) is 31.3. The first-order valence-electron chi connectivity index (χ1n) is 16.6. The lowest BCUT2D eigenvalue weighted by molar-refractivity contribution is -0.894. The van der Waals surface area contributed by atoms with Crippen LogP contribution in [0.2, 0.25) is 0 Å². The molecule has 0 aromatic heterocycles. The molecule has 0 saturated heterocycles. The van der Waals surface area contributed by atoms with E-state index in [1.165, 1.54) is 98.2 Å². The second kappa shape index (κ2) is 54.0. The van der Waals surface area contributed by atoms with E-state index in [0.29, 0.717) is 0 Å². The highest BCUT2D eigenvalue weighted by molar-refractivity contribution is 7.79. The van der Waals surface area contributed by atoms with Crippen molar-refractivity contribution in [2.75, 3.05) is 98.2 Å². The lowest BCUT2D eigenvalue weighted by Crippen LogP contribution is -3.11. The summed E-state index contributed by atoms with van der Waals surface area (Å²) in [5.41, 5.74) is 0. The highest BCUT2D eigenvalue weighted by Gasteiger charge is 1.95. The molecule has 0 aromatic carbocycles. The normalized spacial score (nSPS) is 9.72. The molecule has 0 atom stereocenters. The van der Waals surface area contributed by atoms with E-state index in [1.54, 1.807) is 24.5 Å². The molecule has 0 rings (SSSR count). The quantitative estimate of drug-likeness (QED) is 0.0888. The highest BCUT2D eigenvalue weighted by Crippen LogP contribution is 1.57. The SMILES string of the molecule is CC[NH+](CC)CC.CC[NH+](CC)CC.CC[NH+](CC)CC.CC[NH+](CC)CC.CC[NH+](CC)CC.O=S(=O)([O-])[O-].[F-].[F-].[F-]. The fraction of sp³-hybridized carbons (Fsp3) is 1.00. The third-order valence-electron chi connectivity index (χ3n) is 7.50. The molecule has 0 unspecified atom stereocenters. The molecule has 0 fully saturated rings. The minimum absolute atomic E-state index is 0. The molecule has 0 aliphatic heterocycles. The molecule has 5 N–H and O–H groups in total. The minimum atomic E-state index is -5.17. The number of quaternary nitrogens is 5. The first-order chi connectivity index (χ1) is 18.7. The van der Waals surface area contributed by atoms with Gasteiger partial charge in [0.15, 0.2) is 0 Å². The Hall–Kier alpha value is -0.540. The van der Waals surface area contributed by atoms with Crippen molar-refractivity contribution in [2.24, 2.45) is 0 Å². The second-order valence-electron chi connectivity index (χ2n) is 9.46. The van der Waals surface area contributed by atoms with E-state index in [0.717, 1.165) is 0 Å². The molecule has 0 amide bonds. The predicted molar refractivity (Wildman–Crippen MR) is 173 cm³/mol. The number of halogens is 3. The Bertz CT molecular complexity index is 405. The lowest BCUT2D eigenvalue weighted by atomic mass is 10.5. The summed E-state index contributed by atoms with van der Waals surface area (Å²) in [5, 5.41) is 0. The van der Waals surface area contributed by atoms with Gasteiger partial charge in [-0.3, -0.25) is 8.42 Å². The van der Waals surface area contributed by atoms with Crippen LogP contribution in [0.3, 0.4) is 0 Å². The molecule has 0 aromatic rings. The topological polar surface area (TPSA) is 102 Å². The van der Waals surface area contributed by atoms with Crippen LogP contribution in [0.15, 0.2) is 0 Å². The van der Waals surface area contributed by atoms with Gasteiger partial charge in [-0.1, -0.05) is 0 Å². The molecule has 0 bridgehead atoms. The molecule has 0 saturated carbocycles. The Labute approximate surface area is 268 Å². The fourth-order valence-electron chi connectivity index (χ4n) is 3.75. The second-order valence-corrected chi connectivity index (χ2v) is 10.3. The molecule has 0 heterocycles. The monoisotopic (exact) mass is 664 g/mol. The van der Waals surface area contributed by atoms with Gasteiger partial charge in [-0.2, -0.15) is 0 Å². The molecule has 0 spiro atoms. The Morgan fingerprint density at radius 3 is 0.349 bits per heavy atom. The zero-order valence-corrected chi connectivity index (χ0v) is 32.1. The number of hydrogen-bond donors (Lipinski definition) is 5. The van der Waals surface area contributed by atoms with Crippen LogP contribution in [0.4, 0.5) is 0 Å². The Morgan fingerprint density at radius 2 is 0.349 bits per heavy atom. The molecular weight excluding hydrogens is 583 g/mol. The smallest absolute Gasteiger partial charge is 0.0742 e. The summed E-state index contributed by atoms with van der Waals surface area (Å²) in [4.78, 5) is 8.40. The van der Waals surface area contributed by atoms with Gasteiger partial charge in [-0.15, -0.1) is 0 Å². The van der Waals surface area contributed by atoms with E-state index in [9.17, 15) is 0 Å². The van der Waals surface area contributed by atoms with Crippen LogP contribution in [0, 0.1) is 0 Å². The fourth-order valence-corrected chi connectivity index (χ4v) is 3.75. The number of nitrogens with one attached hydrogen (secondary N) is 5. The van der Waals surface area contributed by atoms with Gasteiger partial charge >= 0.3 is 0 Å². The van der Waals surface area contributed by atoms with Crippen molar-refractivity contribution in [3.8, 4) is 0 Å². The van der Waals surface area contributed by atoms with Crippen molar-refractivity contribution >= 4 is 10.4 Å². The molecule has 9 nitrogen and oxygen atoms in total. The summed E-state index contributed by atoms with van der Waals surface area (Å²) in [7, 11) is -5.17. The Balaban J connectivity index is -0.0000000456. The van der Waals surface area contributed by atoms with Crippen LogP contribution in [0.25, 0.3) is 0 Å². The van der Waals surface area contributed by atoms with Crippen molar-refractivity contribution in [3.05, 3.63) is 0 Å². The molecule has 0 aliphatic rings. The minimum Gasteiger partial charge on any atom is -1.00 e. The first-order valence-corrected chi connectivity index (χ1v) is 17.9. The summed E-state index contributed by atoms with van der Waals surface area (Å²) >= 11 is 0. The summed E-state index contributed by atoms with van der Waals surface area (Å²) < 4.78 is 34.1. The maximum Gasteiger partial charge on any atom is 0.0742 e. The maximum absolute atomic E-state index is 8.52. The zero-order chi connectivity index (χ0) is 33.0. The van der Waals surface area contributed by atoms with E-state index in [4.69, 9.17) is 17.5 Å². The van der Waals surface area contributed by atoms with Gasteiger partial charge in [-0.25, -0.2) is 0 Å². The Morgan fingerprint density at radius 1 is 0.302 bits per heavy atom. The van der Waals surface area contributed by atoms with Gasteiger partial charge in [0.05, 0.1) is 98.2 Å². The van der Waals surface area contributed by atoms with Gasteiger partial charge in [-0.05, 0) is 104 Å². The van der Waals surface area contributed by atoms with Crippen molar-refractivity contribution < 1.29 is 56.1 Å². The van der Waals surface area contributed by atoms with E-state index in [-0.39, 0.29) is 14.1 Å². The van der Waals surface area contributed by atoms with Gasteiger partial charge < -0.3 is 47.7 Å². The number of hydrogen-bond acceptors (Lipinski definition) is 4. The average Bonchev–Trinajstić information content (AvgIpc) is 2.94. The number of rotatable bonds is 15. The van der Waals surface area contributed by atoms with Crippen LogP contribution < -0.4 is 38.6 Å². The Kier molecular flexibility index (Phi) is 81.8. The van der Waals surface area contributed by atoms with E-state index >= 15 is 0 Å². The molecule has 0 aliphatic carbocycles. The van der Waals surface area contributed by atoms with Crippen molar-refractivity contribution in [2.45, 2.75) is 104 Å². The van der Waals surface area contributed by atoms with E-state index in [2.05, 4.69) is 104 Å². The van der Waals surface area contributed by atoms with Crippen LogP contribution in [-0.2, 0) is 10.4 Å². The molecule has 0 radical (unpaired) electrons. The van der Waals surface area contributed by atoms with Gasteiger partial charge in [0.25, 0.3) is 0 Å². The molecule has 13 heteroatoms. The van der Waals surface area contributed by atoms with Gasteiger partial charge in [0.1, 0.15) is 0 Å². The van der Waals surface area contributed by atoms with Crippen LogP contribution >= 0.6 is 0 Å². The largest absolute Gasteiger partial charge is 1.00 e. The van der Waals surface area contributed by atoms with E-state index < -0.39 is 10.4 Å². The van der Waals surface area contributed by atoms with Crippen LogP contribution in [0.1, 0.15) is 104 Å². The molecule has 276 valence electrons. The third kappa shape index (κ3) is 74.4.